The predicted octanol–water partition coefficient (Wildman–Crippen LogP) is 3.51. The van der Waals surface area contributed by atoms with Gasteiger partial charge in [0, 0.05) is 10.9 Å². The summed E-state index contributed by atoms with van der Waals surface area (Å²) in [5, 5.41) is 0. The Labute approximate surface area is 116 Å². The Bertz CT molecular complexity index is 481. The fraction of sp³-hybridized carbons (Fsp3) is 0.385. The molecule has 98 valence electrons. The van der Waals surface area contributed by atoms with Crippen LogP contribution in [-0.4, -0.2) is 18.0 Å². The van der Waals surface area contributed by atoms with Crippen LogP contribution in [0.3, 0.4) is 0 Å². The van der Waals surface area contributed by atoms with Crippen molar-refractivity contribution in [3.05, 3.63) is 45.5 Å². The number of nitrogens with two attached hydrogens (primary N) is 1. The molecule has 2 aromatic heterocycles. The number of thiophene rings is 1. The summed E-state index contributed by atoms with van der Waals surface area (Å²) in [5.74, 6) is 0.936. The fourth-order valence-corrected chi connectivity index (χ4v) is 3.45. The molecular weight excluding hydrogens is 268 g/mol. The van der Waals surface area contributed by atoms with Crippen LogP contribution in [0.15, 0.2) is 34.9 Å². The first kappa shape index (κ1) is 13.6. The number of hydrogen-bond acceptors (Lipinski definition) is 4. The van der Waals surface area contributed by atoms with Crippen LogP contribution in [0.4, 0.5) is 0 Å². The highest BCUT2D eigenvalue weighted by atomic mass is 35.5. The van der Waals surface area contributed by atoms with Crippen molar-refractivity contribution in [2.24, 2.45) is 5.73 Å². The van der Waals surface area contributed by atoms with Gasteiger partial charge in [0.25, 0.3) is 0 Å². The monoisotopic (exact) mass is 284 g/mol. The lowest BCUT2D eigenvalue weighted by Gasteiger charge is -2.29. The normalized spacial score (nSPS) is 14.9. The van der Waals surface area contributed by atoms with Gasteiger partial charge >= 0.3 is 0 Å². The number of halogens is 1. The van der Waals surface area contributed by atoms with Gasteiger partial charge in [0.05, 0.1) is 23.2 Å². The van der Waals surface area contributed by atoms with E-state index in [2.05, 4.69) is 4.90 Å². The molecule has 5 heteroatoms. The minimum absolute atomic E-state index is 0.0275. The molecule has 0 amide bonds. The summed E-state index contributed by atoms with van der Waals surface area (Å²) in [5.41, 5.74) is 6.10. The Hall–Kier alpha value is -0.810. The van der Waals surface area contributed by atoms with Gasteiger partial charge in [0.1, 0.15) is 5.76 Å². The average molecular weight is 285 g/mol. The van der Waals surface area contributed by atoms with E-state index in [4.69, 9.17) is 21.8 Å². The largest absolute Gasteiger partial charge is 0.468 e. The molecule has 0 radical (unpaired) electrons. The number of rotatable bonds is 5. The Morgan fingerprint density at radius 1 is 1.44 bits per heavy atom. The van der Waals surface area contributed by atoms with Gasteiger partial charge < -0.3 is 10.2 Å². The third kappa shape index (κ3) is 3.14. The molecule has 0 saturated carbocycles. The lowest BCUT2D eigenvalue weighted by Crippen LogP contribution is -2.36. The average Bonchev–Trinajstić information content (AvgIpc) is 2.90. The quantitative estimate of drug-likeness (QED) is 0.913. The minimum atomic E-state index is 0.0275. The van der Waals surface area contributed by atoms with Gasteiger partial charge in [0.15, 0.2) is 0 Å². The van der Waals surface area contributed by atoms with E-state index in [1.54, 1.807) is 17.6 Å². The highest BCUT2D eigenvalue weighted by Gasteiger charge is 2.23. The molecule has 18 heavy (non-hydrogen) atoms. The van der Waals surface area contributed by atoms with Crippen molar-refractivity contribution in [3.63, 3.8) is 0 Å². The first-order valence-corrected chi connectivity index (χ1v) is 7.01. The summed E-state index contributed by atoms with van der Waals surface area (Å²) in [6, 6.07) is 7.99. The van der Waals surface area contributed by atoms with Gasteiger partial charge in [0.2, 0.25) is 0 Å². The van der Waals surface area contributed by atoms with Crippen LogP contribution in [0.1, 0.15) is 23.6 Å². The van der Waals surface area contributed by atoms with Gasteiger partial charge in [-0.05, 0) is 38.2 Å². The van der Waals surface area contributed by atoms with Crippen molar-refractivity contribution in [1.29, 1.82) is 0 Å². The maximum atomic E-state index is 6.10. The van der Waals surface area contributed by atoms with Gasteiger partial charge in [-0.25, -0.2) is 0 Å². The maximum Gasteiger partial charge on any atom is 0.117 e. The molecule has 2 N–H and O–H groups in total. The number of hydrogen-bond donors (Lipinski definition) is 1. The van der Waals surface area contributed by atoms with Crippen molar-refractivity contribution in [2.45, 2.75) is 25.6 Å². The zero-order valence-corrected chi connectivity index (χ0v) is 12.0. The van der Waals surface area contributed by atoms with Gasteiger partial charge in [-0.1, -0.05) is 11.6 Å². The number of nitrogens with zero attached hydrogens (tertiary/aromatic N) is 1. The lowest BCUT2D eigenvalue weighted by molar-refractivity contribution is 0.199. The van der Waals surface area contributed by atoms with Crippen molar-refractivity contribution < 1.29 is 4.42 Å². The van der Waals surface area contributed by atoms with Gasteiger partial charge in [-0.2, -0.15) is 0 Å². The highest BCUT2D eigenvalue weighted by Crippen LogP contribution is 2.32. The number of likely N-dealkylation sites (N-methyl/N-ethyl adjacent to an activating group) is 1. The summed E-state index contributed by atoms with van der Waals surface area (Å²) in [7, 11) is 2.05. The highest BCUT2D eigenvalue weighted by molar-refractivity contribution is 7.16. The number of furan rings is 1. The van der Waals surface area contributed by atoms with Crippen LogP contribution in [0.5, 0.6) is 0 Å². The summed E-state index contributed by atoms with van der Waals surface area (Å²) in [4.78, 5) is 3.37. The van der Waals surface area contributed by atoms with Crippen molar-refractivity contribution >= 4 is 22.9 Å². The van der Waals surface area contributed by atoms with Crippen molar-refractivity contribution in [1.82, 2.24) is 4.90 Å². The minimum Gasteiger partial charge on any atom is -0.468 e. The third-order valence-corrected chi connectivity index (χ3v) is 4.15. The standard InChI is InChI=1S/C13H17ClN2OS/c1-9(15)13(11-5-6-12(14)18-11)16(2)8-10-4-3-7-17-10/h3-7,9,13H,8,15H2,1-2H3. The fourth-order valence-electron chi connectivity index (χ4n) is 2.11. The van der Waals surface area contributed by atoms with Crippen LogP contribution in [0.25, 0.3) is 0 Å². The molecule has 2 aromatic rings. The van der Waals surface area contributed by atoms with Gasteiger partial charge in [-0.15, -0.1) is 11.3 Å². The molecule has 2 unspecified atom stereocenters. The third-order valence-electron chi connectivity index (χ3n) is 2.84. The molecule has 2 rings (SSSR count). The second kappa shape index (κ2) is 5.89. The van der Waals surface area contributed by atoms with Crippen LogP contribution in [0.2, 0.25) is 4.34 Å². The molecule has 0 spiro atoms. The molecule has 2 atom stereocenters. The molecular formula is C13H17ClN2OS. The SMILES string of the molecule is CC(N)C(c1ccc(Cl)s1)N(C)Cc1ccco1. The van der Waals surface area contributed by atoms with E-state index in [0.29, 0.717) is 0 Å². The molecule has 0 aliphatic carbocycles. The van der Waals surface area contributed by atoms with E-state index < -0.39 is 0 Å². The zero-order valence-electron chi connectivity index (χ0n) is 10.5. The Morgan fingerprint density at radius 3 is 2.72 bits per heavy atom. The molecule has 0 bridgehead atoms. The summed E-state index contributed by atoms with van der Waals surface area (Å²) < 4.78 is 6.16. The second-order valence-electron chi connectivity index (χ2n) is 4.44. The van der Waals surface area contributed by atoms with Crippen LogP contribution >= 0.6 is 22.9 Å². The maximum absolute atomic E-state index is 6.10. The molecule has 0 saturated heterocycles. The Morgan fingerprint density at radius 2 is 2.22 bits per heavy atom. The Kier molecular flexibility index (Phi) is 4.45. The van der Waals surface area contributed by atoms with E-state index in [1.807, 2.05) is 38.2 Å². The van der Waals surface area contributed by atoms with E-state index >= 15 is 0 Å². The first-order valence-electron chi connectivity index (χ1n) is 5.81. The van der Waals surface area contributed by atoms with E-state index in [9.17, 15) is 0 Å². The lowest BCUT2D eigenvalue weighted by atomic mass is 10.1. The van der Waals surface area contributed by atoms with Crippen LogP contribution < -0.4 is 5.73 Å². The van der Waals surface area contributed by atoms with Crippen molar-refractivity contribution in [2.75, 3.05) is 7.05 Å². The molecule has 0 aromatic carbocycles. The van der Waals surface area contributed by atoms with Crippen LogP contribution in [0, 0.1) is 0 Å². The summed E-state index contributed by atoms with van der Waals surface area (Å²) >= 11 is 7.58. The molecule has 3 nitrogen and oxygen atoms in total. The second-order valence-corrected chi connectivity index (χ2v) is 6.19. The van der Waals surface area contributed by atoms with E-state index in [0.717, 1.165) is 16.6 Å². The van der Waals surface area contributed by atoms with E-state index in [-0.39, 0.29) is 12.1 Å². The summed E-state index contributed by atoms with van der Waals surface area (Å²) in [6.45, 7) is 2.74. The molecule has 0 aliphatic rings. The smallest absolute Gasteiger partial charge is 0.117 e. The molecule has 2 heterocycles. The van der Waals surface area contributed by atoms with Crippen molar-refractivity contribution in [3.8, 4) is 0 Å². The first-order chi connectivity index (χ1) is 8.58. The Balaban J connectivity index is 2.15. The van der Waals surface area contributed by atoms with Gasteiger partial charge in [-0.3, -0.25) is 4.90 Å². The predicted molar refractivity (Wildman–Crippen MR) is 75.9 cm³/mol. The van der Waals surface area contributed by atoms with E-state index in [1.165, 1.54) is 4.88 Å². The van der Waals surface area contributed by atoms with Crippen LogP contribution in [-0.2, 0) is 6.54 Å². The molecule has 0 aliphatic heterocycles. The topological polar surface area (TPSA) is 42.4 Å². The zero-order chi connectivity index (χ0) is 13.1. The molecule has 0 fully saturated rings. The summed E-state index contributed by atoms with van der Waals surface area (Å²) in [6.07, 6.45) is 1.69.